The number of carbonyl (C=O) groups excluding carboxylic acids is 1. The fourth-order valence-electron chi connectivity index (χ4n) is 2.81. The Balaban J connectivity index is 1.89. The Labute approximate surface area is 174 Å². The SMILES string of the molecule is CCc1ccc(NS(=O)(=O)c2ccc(OC)c(NC(=O)c3ccccc3F)c2)cc1. The van der Waals surface area contributed by atoms with Crippen LogP contribution in [0.1, 0.15) is 22.8 Å². The quantitative estimate of drug-likeness (QED) is 0.582. The second-order valence-corrected chi connectivity index (χ2v) is 8.13. The van der Waals surface area contributed by atoms with Crippen molar-refractivity contribution in [2.75, 3.05) is 17.1 Å². The third kappa shape index (κ3) is 4.77. The van der Waals surface area contributed by atoms with Crippen LogP contribution < -0.4 is 14.8 Å². The zero-order chi connectivity index (χ0) is 21.7. The van der Waals surface area contributed by atoms with Crippen molar-refractivity contribution >= 4 is 27.3 Å². The lowest BCUT2D eigenvalue weighted by Crippen LogP contribution is -2.16. The molecule has 1 amide bonds. The summed E-state index contributed by atoms with van der Waals surface area (Å²) in [7, 11) is -2.54. The second kappa shape index (κ2) is 8.96. The normalized spacial score (nSPS) is 11.0. The van der Waals surface area contributed by atoms with E-state index < -0.39 is 21.7 Å². The van der Waals surface area contributed by atoms with E-state index in [2.05, 4.69) is 10.0 Å². The maximum Gasteiger partial charge on any atom is 0.261 e. The molecule has 0 aliphatic carbocycles. The van der Waals surface area contributed by atoms with E-state index in [-0.39, 0.29) is 21.9 Å². The summed E-state index contributed by atoms with van der Waals surface area (Å²) < 4.78 is 47.2. The van der Waals surface area contributed by atoms with Gasteiger partial charge in [0.05, 0.1) is 23.3 Å². The van der Waals surface area contributed by atoms with Gasteiger partial charge in [-0.3, -0.25) is 9.52 Å². The number of hydrogen-bond donors (Lipinski definition) is 2. The van der Waals surface area contributed by atoms with E-state index in [9.17, 15) is 17.6 Å². The van der Waals surface area contributed by atoms with Gasteiger partial charge in [0.25, 0.3) is 15.9 Å². The highest BCUT2D eigenvalue weighted by atomic mass is 32.2. The number of hydrogen-bond acceptors (Lipinski definition) is 4. The van der Waals surface area contributed by atoms with Crippen molar-refractivity contribution in [1.82, 2.24) is 0 Å². The van der Waals surface area contributed by atoms with Crippen molar-refractivity contribution < 1.29 is 22.3 Å². The zero-order valence-corrected chi connectivity index (χ0v) is 17.3. The first kappa shape index (κ1) is 21.3. The first-order chi connectivity index (χ1) is 14.3. The number of aryl methyl sites for hydroxylation is 1. The highest BCUT2D eigenvalue weighted by Crippen LogP contribution is 2.29. The Morgan fingerprint density at radius 3 is 2.37 bits per heavy atom. The Hall–Kier alpha value is -3.39. The third-order valence-electron chi connectivity index (χ3n) is 4.46. The topological polar surface area (TPSA) is 84.5 Å². The average Bonchev–Trinajstić information content (AvgIpc) is 2.74. The molecule has 0 atom stereocenters. The van der Waals surface area contributed by atoms with Crippen molar-refractivity contribution in [3.05, 3.63) is 83.7 Å². The van der Waals surface area contributed by atoms with Crippen LogP contribution in [0.15, 0.2) is 71.6 Å². The Kier molecular flexibility index (Phi) is 6.37. The van der Waals surface area contributed by atoms with Crippen LogP contribution in [-0.2, 0) is 16.4 Å². The molecule has 2 N–H and O–H groups in total. The molecule has 8 heteroatoms. The average molecular weight is 428 g/mol. The Morgan fingerprint density at radius 2 is 1.73 bits per heavy atom. The van der Waals surface area contributed by atoms with Crippen LogP contribution in [0.4, 0.5) is 15.8 Å². The molecular formula is C22H21FN2O4S. The van der Waals surface area contributed by atoms with E-state index in [0.29, 0.717) is 5.69 Å². The van der Waals surface area contributed by atoms with Crippen LogP contribution in [0.25, 0.3) is 0 Å². The van der Waals surface area contributed by atoms with Gasteiger partial charge in [0, 0.05) is 5.69 Å². The van der Waals surface area contributed by atoms with Gasteiger partial charge in [-0.2, -0.15) is 0 Å². The first-order valence-corrected chi connectivity index (χ1v) is 10.7. The van der Waals surface area contributed by atoms with Gasteiger partial charge in [0.2, 0.25) is 0 Å². The van der Waals surface area contributed by atoms with Crippen LogP contribution in [0.5, 0.6) is 5.75 Å². The second-order valence-electron chi connectivity index (χ2n) is 6.45. The van der Waals surface area contributed by atoms with Gasteiger partial charge in [-0.25, -0.2) is 12.8 Å². The minimum atomic E-state index is -3.92. The molecule has 0 saturated heterocycles. The van der Waals surface area contributed by atoms with Crippen molar-refractivity contribution in [2.24, 2.45) is 0 Å². The Bertz CT molecular complexity index is 1160. The van der Waals surface area contributed by atoms with Gasteiger partial charge in [-0.05, 0) is 54.4 Å². The Morgan fingerprint density at radius 1 is 1.03 bits per heavy atom. The molecule has 3 rings (SSSR count). The molecule has 30 heavy (non-hydrogen) atoms. The smallest absolute Gasteiger partial charge is 0.261 e. The van der Waals surface area contributed by atoms with Crippen molar-refractivity contribution in [3.8, 4) is 5.75 Å². The monoisotopic (exact) mass is 428 g/mol. The number of sulfonamides is 1. The number of amides is 1. The van der Waals surface area contributed by atoms with E-state index in [1.165, 1.54) is 49.6 Å². The van der Waals surface area contributed by atoms with Crippen LogP contribution in [0.3, 0.4) is 0 Å². The number of nitrogens with one attached hydrogen (secondary N) is 2. The lowest BCUT2D eigenvalue weighted by Gasteiger charge is -2.14. The lowest BCUT2D eigenvalue weighted by molar-refractivity contribution is 0.102. The zero-order valence-electron chi connectivity index (χ0n) is 16.5. The number of anilines is 2. The molecule has 0 spiro atoms. The largest absolute Gasteiger partial charge is 0.495 e. The number of ether oxygens (including phenoxy) is 1. The summed E-state index contributed by atoms with van der Waals surface area (Å²) in [5.41, 5.74) is 1.44. The molecule has 3 aromatic rings. The molecule has 0 radical (unpaired) electrons. The molecule has 0 saturated carbocycles. The maximum absolute atomic E-state index is 13.9. The number of halogens is 1. The van der Waals surface area contributed by atoms with Crippen molar-refractivity contribution in [2.45, 2.75) is 18.2 Å². The molecule has 6 nitrogen and oxygen atoms in total. The van der Waals surface area contributed by atoms with Crippen LogP contribution in [0.2, 0.25) is 0 Å². The number of benzene rings is 3. The summed E-state index contributed by atoms with van der Waals surface area (Å²) in [5.74, 6) is -1.16. The van der Waals surface area contributed by atoms with Gasteiger partial charge in [0.15, 0.2) is 0 Å². The van der Waals surface area contributed by atoms with Gasteiger partial charge in [-0.1, -0.05) is 31.2 Å². The van der Waals surface area contributed by atoms with E-state index >= 15 is 0 Å². The molecule has 3 aromatic carbocycles. The first-order valence-electron chi connectivity index (χ1n) is 9.19. The summed E-state index contributed by atoms with van der Waals surface area (Å²) >= 11 is 0. The van der Waals surface area contributed by atoms with Crippen molar-refractivity contribution in [1.29, 1.82) is 0 Å². The molecule has 0 unspecified atom stereocenters. The molecular weight excluding hydrogens is 407 g/mol. The summed E-state index contributed by atoms with van der Waals surface area (Å²) in [6.45, 7) is 2.01. The summed E-state index contributed by atoms with van der Waals surface area (Å²) in [6, 6.07) is 16.6. The predicted molar refractivity (Wildman–Crippen MR) is 114 cm³/mol. The summed E-state index contributed by atoms with van der Waals surface area (Å²) in [5, 5.41) is 2.51. The lowest BCUT2D eigenvalue weighted by atomic mass is 10.2. The fourth-order valence-corrected chi connectivity index (χ4v) is 3.89. The molecule has 0 heterocycles. The molecule has 0 bridgehead atoms. The number of rotatable bonds is 7. The van der Waals surface area contributed by atoms with Crippen molar-refractivity contribution in [3.63, 3.8) is 0 Å². The van der Waals surface area contributed by atoms with E-state index in [4.69, 9.17) is 4.74 Å². The van der Waals surface area contributed by atoms with E-state index in [1.807, 2.05) is 19.1 Å². The van der Waals surface area contributed by atoms with Gasteiger partial charge < -0.3 is 10.1 Å². The van der Waals surface area contributed by atoms with Crippen LogP contribution in [-0.4, -0.2) is 21.4 Å². The van der Waals surface area contributed by atoms with E-state index in [1.54, 1.807) is 12.1 Å². The summed E-state index contributed by atoms with van der Waals surface area (Å²) in [6.07, 6.45) is 0.844. The number of carbonyl (C=O) groups is 1. The molecule has 0 aromatic heterocycles. The summed E-state index contributed by atoms with van der Waals surface area (Å²) in [4.78, 5) is 12.4. The van der Waals surface area contributed by atoms with Gasteiger partial charge in [0.1, 0.15) is 11.6 Å². The fraction of sp³-hybridized carbons (Fsp3) is 0.136. The predicted octanol–water partition coefficient (Wildman–Crippen LogP) is 4.45. The molecule has 0 aliphatic heterocycles. The van der Waals surface area contributed by atoms with Crippen LogP contribution in [0, 0.1) is 5.82 Å². The third-order valence-corrected chi connectivity index (χ3v) is 5.84. The molecule has 156 valence electrons. The molecule has 0 fully saturated rings. The highest BCUT2D eigenvalue weighted by molar-refractivity contribution is 7.92. The van der Waals surface area contributed by atoms with Gasteiger partial charge in [-0.15, -0.1) is 0 Å². The standard InChI is InChI=1S/C22H21FN2O4S/c1-3-15-8-10-16(11-9-15)25-30(27,28)17-12-13-21(29-2)20(14-17)24-22(26)18-6-4-5-7-19(18)23/h4-14,25H,3H2,1-2H3,(H,24,26). The van der Waals surface area contributed by atoms with Gasteiger partial charge >= 0.3 is 0 Å². The maximum atomic E-state index is 13.9. The number of methoxy groups -OCH3 is 1. The molecule has 0 aliphatic rings. The minimum Gasteiger partial charge on any atom is -0.495 e. The van der Waals surface area contributed by atoms with E-state index in [0.717, 1.165) is 12.0 Å². The van der Waals surface area contributed by atoms with Crippen LogP contribution >= 0.6 is 0 Å². The minimum absolute atomic E-state index is 0.0771. The highest BCUT2D eigenvalue weighted by Gasteiger charge is 2.19.